The van der Waals surface area contributed by atoms with Gasteiger partial charge in [-0.1, -0.05) is 30.7 Å². The van der Waals surface area contributed by atoms with Gasteiger partial charge in [0, 0.05) is 12.5 Å². The summed E-state index contributed by atoms with van der Waals surface area (Å²) >= 11 is 6.09. The van der Waals surface area contributed by atoms with Gasteiger partial charge >= 0.3 is 0 Å². The molecular weight excluding hydrogens is 234 g/mol. The fourth-order valence-corrected chi connectivity index (χ4v) is 1.74. The number of halogens is 1. The number of terminal acetylenes is 1. The van der Waals surface area contributed by atoms with Gasteiger partial charge in [-0.15, -0.1) is 12.3 Å². The standard InChI is InChI=1S/C14H16ClNO/c1-4-7-11(5-2)16-14(17)12-9-6-8-10(3)13(12)15/h1,6,8-9,11H,5,7H2,2-3H3,(H,16,17). The van der Waals surface area contributed by atoms with Crippen LogP contribution in [0, 0.1) is 19.3 Å². The van der Waals surface area contributed by atoms with E-state index in [1.165, 1.54) is 0 Å². The third kappa shape index (κ3) is 3.51. The lowest BCUT2D eigenvalue weighted by molar-refractivity contribution is 0.0937. The number of hydrogen-bond donors (Lipinski definition) is 1. The summed E-state index contributed by atoms with van der Waals surface area (Å²) in [7, 11) is 0. The molecule has 0 saturated carbocycles. The molecule has 1 aromatic carbocycles. The van der Waals surface area contributed by atoms with Crippen molar-refractivity contribution in [2.24, 2.45) is 0 Å². The van der Waals surface area contributed by atoms with Crippen LogP contribution >= 0.6 is 11.6 Å². The zero-order valence-electron chi connectivity index (χ0n) is 10.1. The Morgan fingerprint density at radius 1 is 1.59 bits per heavy atom. The van der Waals surface area contributed by atoms with Crippen LogP contribution in [0.25, 0.3) is 0 Å². The summed E-state index contributed by atoms with van der Waals surface area (Å²) in [6.45, 7) is 3.86. The molecule has 0 aliphatic carbocycles. The zero-order chi connectivity index (χ0) is 12.8. The molecule has 17 heavy (non-hydrogen) atoms. The van der Waals surface area contributed by atoms with E-state index in [-0.39, 0.29) is 11.9 Å². The third-order valence-electron chi connectivity index (χ3n) is 2.63. The molecule has 0 radical (unpaired) electrons. The highest BCUT2D eigenvalue weighted by atomic mass is 35.5. The molecule has 1 aromatic rings. The zero-order valence-corrected chi connectivity index (χ0v) is 10.8. The van der Waals surface area contributed by atoms with Crippen LogP contribution in [-0.4, -0.2) is 11.9 Å². The van der Waals surface area contributed by atoms with Gasteiger partial charge in [0.25, 0.3) is 5.91 Å². The van der Waals surface area contributed by atoms with Crippen molar-refractivity contribution in [1.82, 2.24) is 5.32 Å². The molecule has 0 saturated heterocycles. The van der Waals surface area contributed by atoms with Gasteiger partial charge in [-0.05, 0) is 25.0 Å². The van der Waals surface area contributed by atoms with Crippen molar-refractivity contribution in [2.45, 2.75) is 32.7 Å². The number of aryl methyl sites for hydroxylation is 1. The summed E-state index contributed by atoms with van der Waals surface area (Å²) in [5.74, 6) is 2.39. The number of carbonyl (C=O) groups excluding carboxylic acids is 1. The minimum absolute atomic E-state index is 0.00378. The van der Waals surface area contributed by atoms with E-state index in [0.29, 0.717) is 17.0 Å². The molecule has 0 spiro atoms. The molecule has 0 fully saturated rings. The van der Waals surface area contributed by atoms with Crippen molar-refractivity contribution in [1.29, 1.82) is 0 Å². The number of hydrogen-bond acceptors (Lipinski definition) is 1. The highest BCUT2D eigenvalue weighted by molar-refractivity contribution is 6.34. The summed E-state index contributed by atoms with van der Waals surface area (Å²) < 4.78 is 0. The first-order chi connectivity index (χ1) is 8.10. The normalized spacial score (nSPS) is 11.6. The lowest BCUT2D eigenvalue weighted by atomic mass is 10.1. The molecule has 0 aliphatic rings. The Kier molecular flexibility index (Phi) is 5.06. The van der Waals surface area contributed by atoms with E-state index >= 15 is 0 Å². The van der Waals surface area contributed by atoms with Crippen LogP contribution in [0.2, 0.25) is 5.02 Å². The minimum atomic E-state index is -0.166. The molecule has 1 amide bonds. The third-order valence-corrected chi connectivity index (χ3v) is 3.13. The second-order valence-corrected chi connectivity index (χ2v) is 4.30. The molecule has 0 bridgehead atoms. The van der Waals surface area contributed by atoms with Crippen LogP contribution in [0.1, 0.15) is 35.7 Å². The van der Waals surface area contributed by atoms with Gasteiger partial charge in [0.05, 0.1) is 10.6 Å². The monoisotopic (exact) mass is 249 g/mol. The average Bonchev–Trinajstić information content (AvgIpc) is 2.31. The number of nitrogens with one attached hydrogen (secondary N) is 1. The van der Waals surface area contributed by atoms with Gasteiger partial charge in [0.2, 0.25) is 0 Å². The number of amides is 1. The second-order valence-electron chi connectivity index (χ2n) is 3.92. The molecule has 3 heteroatoms. The topological polar surface area (TPSA) is 29.1 Å². The highest BCUT2D eigenvalue weighted by Crippen LogP contribution is 2.20. The first-order valence-corrected chi connectivity index (χ1v) is 5.97. The van der Waals surface area contributed by atoms with Crippen molar-refractivity contribution in [2.75, 3.05) is 0 Å². The van der Waals surface area contributed by atoms with E-state index in [4.69, 9.17) is 18.0 Å². The Morgan fingerprint density at radius 3 is 2.88 bits per heavy atom. The molecule has 1 unspecified atom stereocenters. The molecular formula is C14H16ClNO. The molecule has 90 valence electrons. The molecule has 0 aliphatic heterocycles. The SMILES string of the molecule is C#CCC(CC)NC(=O)c1cccc(C)c1Cl. The van der Waals surface area contributed by atoms with E-state index in [2.05, 4.69) is 11.2 Å². The van der Waals surface area contributed by atoms with Crippen LogP contribution in [0.5, 0.6) is 0 Å². The van der Waals surface area contributed by atoms with E-state index in [1.54, 1.807) is 6.07 Å². The van der Waals surface area contributed by atoms with Crippen LogP contribution in [0.3, 0.4) is 0 Å². The predicted octanol–water partition coefficient (Wildman–Crippen LogP) is 3.18. The van der Waals surface area contributed by atoms with Gasteiger partial charge in [-0.3, -0.25) is 4.79 Å². The predicted molar refractivity (Wildman–Crippen MR) is 71.2 cm³/mol. The maximum atomic E-state index is 12.0. The van der Waals surface area contributed by atoms with E-state index < -0.39 is 0 Å². The molecule has 0 aromatic heterocycles. The number of benzene rings is 1. The average molecular weight is 250 g/mol. The van der Waals surface area contributed by atoms with Crippen LogP contribution < -0.4 is 5.32 Å². The number of rotatable bonds is 4. The maximum Gasteiger partial charge on any atom is 0.253 e. The summed E-state index contributed by atoms with van der Waals surface area (Å²) in [4.78, 5) is 12.0. The molecule has 0 heterocycles. The van der Waals surface area contributed by atoms with Crippen LogP contribution in [-0.2, 0) is 0 Å². The van der Waals surface area contributed by atoms with Gasteiger partial charge in [-0.25, -0.2) is 0 Å². The largest absolute Gasteiger partial charge is 0.348 e. The minimum Gasteiger partial charge on any atom is -0.348 e. The van der Waals surface area contributed by atoms with Gasteiger partial charge in [-0.2, -0.15) is 0 Å². The summed E-state index contributed by atoms with van der Waals surface area (Å²) in [6, 6.07) is 5.41. The van der Waals surface area contributed by atoms with E-state index in [1.807, 2.05) is 26.0 Å². The quantitative estimate of drug-likeness (QED) is 0.816. The van der Waals surface area contributed by atoms with Crippen molar-refractivity contribution in [3.05, 3.63) is 34.3 Å². The van der Waals surface area contributed by atoms with Crippen LogP contribution in [0.15, 0.2) is 18.2 Å². The van der Waals surface area contributed by atoms with E-state index in [0.717, 1.165) is 12.0 Å². The first-order valence-electron chi connectivity index (χ1n) is 5.59. The fourth-order valence-electron chi connectivity index (χ4n) is 1.53. The molecule has 2 nitrogen and oxygen atoms in total. The van der Waals surface area contributed by atoms with Gasteiger partial charge in [0.1, 0.15) is 0 Å². The first kappa shape index (κ1) is 13.6. The van der Waals surface area contributed by atoms with Crippen molar-refractivity contribution in [3.8, 4) is 12.3 Å². The summed E-state index contributed by atoms with van der Waals surface area (Å²) in [5.41, 5.74) is 1.39. The Hall–Kier alpha value is -1.46. The number of carbonyl (C=O) groups is 1. The maximum absolute atomic E-state index is 12.0. The van der Waals surface area contributed by atoms with E-state index in [9.17, 15) is 4.79 Å². The lowest BCUT2D eigenvalue weighted by Crippen LogP contribution is -2.34. The highest BCUT2D eigenvalue weighted by Gasteiger charge is 2.14. The fraction of sp³-hybridized carbons (Fsp3) is 0.357. The smallest absolute Gasteiger partial charge is 0.253 e. The summed E-state index contributed by atoms with van der Waals surface area (Å²) in [5, 5.41) is 3.39. The van der Waals surface area contributed by atoms with Crippen molar-refractivity contribution < 1.29 is 4.79 Å². The van der Waals surface area contributed by atoms with Gasteiger partial charge < -0.3 is 5.32 Å². The Bertz CT molecular complexity index is 448. The second kappa shape index (κ2) is 6.32. The van der Waals surface area contributed by atoms with Crippen molar-refractivity contribution in [3.63, 3.8) is 0 Å². The summed E-state index contributed by atoms with van der Waals surface area (Å²) in [6.07, 6.45) is 6.58. The van der Waals surface area contributed by atoms with Gasteiger partial charge in [0.15, 0.2) is 0 Å². The lowest BCUT2D eigenvalue weighted by Gasteiger charge is -2.15. The molecule has 1 N–H and O–H groups in total. The Labute approximate surface area is 107 Å². The Morgan fingerprint density at radius 2 is 2.29 bits per heavy atom. The van der Waals surface area contributed by atoms with Crippen molar-refractivity contribution >= 4 is 17.5 Å². The van der Waals surface area contributed by atoms with Crippen LogP contribution in [0.4, 0.5) is 0 Å². The molecule has 1 atom stereocenters. The molecule has 1 rings (SSSR count). The Balaban J connectivity index is 2.83.